The molecule has 7 heteroatoms. The molecule has 144 valence electrons. The number of carbonyl (C=O) groups is 2. The largest absolute Gasteiger partial charge is 0.495 e. The van der Waals surface area contributed by atoms with E-state index in [2.05, 4.69) is 10.6 Å². The molecule has 2 aromatic carbocycles. The topological polar surface area (TPSA) is 80.6 Å². The number of furan rings is 1. The fraction of sp³-hybridized carbons (Fsp3) is 0.143. The number of halogens is 1. The fourth-order valence-corrected chi connectivity index (χ4v) is 2.93. The van der Waals surface area contributed by atoms with Crippen LogP contribution in [0.3, 0.4) is 0 Å². The highest BCUT2D eigenvalue weighted by molar-refractivity contribution is 6.32. The molecule has 28 heavy (non-hydrogen) atoms. The summed E-state index contributed by atoms with van der Waals surface area (Å²) in [6.45, 7) is 0. The van der Waals surface area contributed by atoms with Crippen LogP contribution in [0.1, 0.15) is 16.1 Å². The fourth-order valence-electron chi connectivity index (χ4n) is 2.67. The molecule has 2 N–H and O–H groups in total. The third-order valence-electron chi connectivity index (χ3n) is 4.07. The Hall–Kier alpha value is -3.25. The summed E-state index contributed by atoms with van der Waals surface area (Å²) in [5.41, 5.74) is 1.41. The molecule has 0 spiro atoms. The Bertz CT molecular complexity index is 942. The summed E-state index contributed by atoms with van der Waals surface area (Å²) in [4.78, 5) is 25.2. The van der Waals surface area contributed by atoms with Crippen LogP contribution in [0.2, 0.25) is 5.02 Å². The third-order valence-corrected chi connectivity index (χ3v) is 4.36. The summed E-state index contributed by atoms with van der Waals surface area (Å²) in [5, 5.41) is 5.88. The van der Waals surface area contributed by atoms with E-state index in [0.717, 1.165) is 5.56 Å². The molecule has 0 aliphatic heterocycles. The quantitative estimate of drug-likeness (QED) is 0.632. The molecule has 3 aromatic rings. The molecular weight excluding hydrogens is 380 g/mol. The monoisotopic (exact) mass is 398 g/mol. The molecule has 1 atom stereocenters. The van der Waals surface area contributed by atoms with E-state index < -0.39 is 11.9 Å². The van der Waals surface area contributed by atoms with Crippen LogP contribution in [-0.2, 0) is 11.2 Å². The minimum atomic E-state index is -0.805. The first kappa shape index (κ1) is 19.5. The highest BCUT2D eigenvalue weighted by Gasteiger charge is 2.23. The lowest BCUT2D eigenvalue weighted by molar-refractivity contribution is -0.118. The molecule has 1 aromatic heterocycles. The minimum Gasteiger partial charge on any atom is -0.495 e. The molecule has 1 heterocycles. The number of hydrogen-bond donors (Lipinski definition) is 2. The van der Waals surface area contributed by atoms with Gasteiger partial charge in [0.1, 0.15) is 11.8 Å². The maximum Gasteiger partial charge on any atom is 0.287 e. The molecule has 2 amide bonds. The molecule has 0 saturated heterocycles. The maximum absolute atomic E-state index is 12.9. The van der Waals surface area contributed by atoms with E-state index in [0.29, 0.717) is 22.9 Å². The van der Waals surface area contributed by atoms with Gasteiger partial charge in [-0.25, -0.2) is 0 Å². The van der Waals surface area contributed by atoms with E-state index in [1.54, 1.807) is 24.3 Å². The van der Waals surface area contributed by atoms with Crippen molar-refractivity contribution in [2.75, 3.05) is 12.4 Å². The Morgan fingerprint density at radius 2 is 1.89 bits per heavy atom. The van der Waals surface area contributed by atoms with Gasteiger partial charge in [-0.15, -0.1) is 0 Å². The third kappa shape index (κ3) is 4.92. The van der Waals surface area contributed by atoms with Crippen molar-refractivity contribution < 1.29 is 18.7 Å². The van der Waals surface area contributed by atoms with E-state index in [4.69, 9.17) is 20.8 Å². The van der Waals surface area contributed by atoms with Gasteiger partial charge in [-0.3, -0.25) is 9.59 Å². The van der Waals surface area contributed by atoms with E-state index in [1.165, 1.54) is 19.4 Å². The molecule has 0 bridgehead atoms. The lowest BCUT2D eigenvalue weighted by Crippen LogP contribution is -2.45. The van der Waals surface area contributed by atoms with E-state index in [-0.39, 0.29) is 11.7 Å². The highest BCUT2D eigenvalue weighted by Crippen LogP contribution is 2.27. The van der Waals surface area contributed by atoms with E-state index >= 15 is 0 Å². The summed E-state index contributed by atoms with van der Waals surface area (Å²) >= 11 is 6.12. The first-order chi connectivity index (χ1) is 13.6. The number of anilines is 1. The molecule has 3 rings (SSSR count). The van der Waals surface area contributed by atoms with Crippen molar-refractivity contribution >= 4 is 29.1 Å². The number of carbonyl (C=O) groups excluding carboxylic acids is 2. The number of nitrogens with one attached hydrogen (secondary N) is 2. The molecule has 0 radical (unpaired) electrons. The molecular formula is C21H19ClN2O4. The number of rotatable bonds is 7. The summed E-state index contributed by atoms with van der Waals surface area (Å²) in [6.07, 6.45) is 1.73. The SMILES string of the molecule is COc1ccc(NC(=O)C(Cc2ccccc2)NC(=O)c2ccco2)cc1Cl. The van der Waals surface area contributed by atoms with Crippen LogP contribution in [0, 0.1) is 0 Å². The second kappa shape index (κ2) is 9.10. The lowest BCUT2D eigenvalue weighted by Gasteiger charge is -2.18. The standard InChI is InChI=1S/C21H19ClN2O4/c1-27-18-10-9-15(13-16(18)22)23-20(25)17(12-14-6-3-2-4-7-14)24-21(26)19-8-5-11-28-19/h2-11,13,17H,12H2,1H3,(H,23,25)(H,24,26). The molecule has 0 fully saturated rings. The first-order valence-electron chi connectivity index (χ1n) is 8.59. The van der Waals surface area contributed by atoms with Crippen LogP contribution < -0.4 is 15.4 Å². The van der Waals surface area contributed by atoms with Gasteiger partial charge in [-0.05, 0) is 35.9 Å². The average molecular weight is 399 g/mol. The van der Waals surface area contributed by atoms with Crippen LogP contribution in [0.15, 0.2) is 71.3 Å². The van der Waals surface area contributed by atoms with Crippen molar-refractivity contribution in [2.24, 2.45) is 0 Å². The van der Waals surface area contributed by atoms with Crippen molar-refractivity contribution in [3.05, 3.63) is 83.3 Å². The van der Waals surface area contributed by atoms with Crippen LogP contribution in [0.25, 0.3) is 0 Å². The molecule has 0 saturated carbocycles. The van der Waals surface area contributed by atoms with Gasteiger partial charge < -0.3 is 19.8 Å². The van der Waals surface area contributed by atoms with Crippen molar-refractivity contribution in [2.45, 2.75) is 12.5 Å². The average Bonchev–Trinajstić information content (AvgIpc) is 3.23. The van der Waals surface area contributed by atoms with Gasteiger partial charge in [0.25, 0.3) is 5.91 Å². The number of hydrogen-bond acceptors (Lipinski definition) is 4. The maximum atomic E-state index is 12.9. The van der Waals surface area contributed by atoms with Crippen molar-refractivity contribution in [3.8, 4) is 5.75 Å². The lowest BCUT2D eigenvalue weighted by atomic mass is 10.0. The number of ether oxygens (including phenoxy) is 1. The molecule has 0 aliphatic carbocycles. The zero-order valence-corrected chi connectivity index (χ0v) is 15.9. The zero-order valence-electron chi connectivity index (χ0n) is 15.1. The van der Waals surface area contributed by atoms with Crippen molar-refractivity contribution in [3.63, 3.8) is 0 Å². The van der Waals surface area contributed by atoms with Gasteiger partial charge in [-0.2, -0.15) is 0 Å². The van der Waals surface area contributed by atoms with Crippen LogP contribution in [0.4, 0.5) is 5.69 Å². The van der Waals surface area contributed by atoms with Gasteiger partial charge in [0, 0.05) is 12.1 Å². The first-order valence-corrected chi connectivity index (χ1v) is 8.97. The van der Waals surface area contributed by atoms with Gasteiger partial charge >= 0.3 is 0 Å². The Balaban J connectivity index is 1.77. The Morgan fingerprint density at radius 3 is 2.54 bits per heavy atom. The predicted octanol–water partition coefficient (Wildman–Crippen LogP) is 3.92. The zero-order chi connectivity index (χ0) is 19.9. The van der Waals surface area contributed by atoms with E-state index in [1.807, 2.05) is 30.3 Å². The van der Waals surface area contributed by atoms with E-state index in [9.17, 15) is 9.59 Å². The number of amides is 2. The van der Waals surface area contributed by atoms with Gasteiger partial charge in [-0.1, -0.05) is 41.9 Å². The molecule has 1 unspecified atom stereocenters. The molecule has 0 aliphatic rings. The Kier molecular flexibility index (Phi) is 6.34. The second-order valence-electron chi connectivity index (χ2n) is 6.03. The van der Waals surface area contributed by atoms with Gasteiger partial charge in [0.2, 0.25) is 5.91 Å². The van der Waals surface area contributed by atoms with Crippen LogP contribution >= 0.6 is 11.6 Å². The second-order valence-corrected chi connectivity index (χ2v) is 6.44. The number of methoxy groups -OCH3 is 1. The van der Waals surface area contributed by atoms with Gasteiger partial charge in [0.15, 0.2) is 5.76 Å². The summed E-state index contributed by atoms with van der Waals surface area (Å²) < 4.78 is 10.2. The smallest absolute Gasteiger partial charge is 0.287 e. The van der Waals surface area contributed by atoms with Gasteiger partial charge in [0.05, 0.1) is 18.4 Å². The number of benzene rings is 2. The Morgan fingerprint density at radius 1 is 1.11 bits per heavy atom. The Labute approximate surface area is 167 Å². The van der Waals surface area contributed by atoms with Crippen LogP contribution in [0.5, 0.6) is 5.75 Å². The minimum absolute atomic E-state index is 0.137. The predicted molar refractivity (Wildman–Crippen MR) is 107 cm³/mol. The molecule has 6 nitrogen and oxygen atoms in total. The summed E-state index contributed by atoms with van der Waals surface area (Å²) in [6, 6.07) is 16.7. The normalized spacial score (nSPS) is 11.5. The summed E-state index contributed by atoms with van der Waals surface area (Å²) in [5.74, 6) is -0.191. The summed E-state index contributed by atoms with van der Waals surface area (Å²) in [7, 11) is 1.51. The van der Waals surface area contributed by atoms with Crippen LogP contribution in [-0.4, -0.2) is 25.0 Å². The van der Waals surface area contributed by atoms with Crippen molar-refractivity contribution in [1.82, 2.24) is 5.32 Å². The van der Waals surface area contributed by atoms with Crippen molar-refractivity contribution in [1.29, 1.82) is 0 Å². The highest BCUT2D eigenvalue weighted by atomic mass is 35.5.